The Morgan fingerprint density at radius 2 is 1.75 bits per heavy atom. The molecule has 3 aromatic rings. The van der Waals surface area contributed by atoms with Gasteiger partial charge in [0.25, 0.3) is 0 Å². The number of aryl methyl sites for hydroxylation is 2. The summed E-state index contributed by atoms with van der Waals surface area (Å²) in [7, 11) is 1.65. The van der Waals surface area contributed by atoms with Crippen molar-refractivity contribution in [2.24, 2.45) is 0 Å². The van der Waals surface area contributed by atoms with Crippen LogP contribution in [-0.4, -0.2) is 46.4 Å². The van der Waals surface area contributed by atoms with E-state index in [-0.39, 0.29) is 18.4 Å². The Labute approximate surface area is 189 Å². The number of hydrogen-bond acceptors (Lipinski definition) is 5. The second kappa shape index (κ2) is 9.96. The zero-order chi connectivity index (χ0) is 23.4. The molecule has 32 heavy (non-hydrogen) atoms. The van der Waals surface area contributed by atoms with Gasteiger partial charge in [0, 0.05) is 24.1 Å². The van der Waals surface area contributed by atoms with Crippen LogP contribution in [0, 0.1) is 27.7 Å². The van der Waals surface area contributed by atoms with Crippen LogP contribution < -0.4 is 0 Å². The first-order valence-corrected chi connectivity index (χ1v) is 10.7. The number of rotatable bonds is 9. The molecule has 1 aromatic carbocycles. The molecular weight excluding hydrogens is 406 g/mol. The molecule has 0 aliphatic carbocycles. The molecule has 1 unspecified atom stereocenters. The summed E-state index contributed by atoms with van der Waals surface area (Å²) in [4.78, 5) is 25.6. The average molecular weight is 438 g/mol. The van der Waals surface area contributed by atoms with Gasteiger partial charge < -0.3 is 14.0 Å². The number of benzene rings is 1. The molecule has 0 radical (unpaired) electrons. The molecule has 0 saturated heterocycles. The van der Waals surface area contributed by atoms with E-state index in [1.807, 2.05) is 64.1 Å². The minimum atomic E-state index is -0.533. The first-order valence-electron chi connectivity index (χ1n) is 10.7. The van der Waals surface area contributed by atoms with Crippen molar-refractivity contribution in [1.29, 1.82) is 0 Å². The van der Waals surface area contributed by atoms with Gasteiger partial charge in [0.05, 0.1) is 30.6 Å². The summed E-state index contributed by atoms with van der Waals surface area (Å²) in [5.74, 6) is -0.761. The van der Waals surface area contributed by atoms with Crippen molar-refractivity contribution >= 4 is 11.8 Å². The van der Waals surface area contributed by atoms with Crippen LogP contribution in [0.5, 0.6) is 0 Å². The van der Waals surface area contributed by atoms with E-state index in [0.29, 0.717) is 30.0 Å². The van der Waals surface area contributed by atoms with Crippen molar-refractivity contribution in [2.75, 3.05) is 20.3 Å². The minimum absolute atomic E-state index is 0.102. The number of ketones is 1. The van der Waals surface area contributed by atoms with Gasteiger partial charge in [-0.3, -0.25) is 9.48 Å². The molecule has 0 bridgehead atoms. The van der Waals surface area contributed by atoms with Crippen LogP contribution in [0.15, 0.2) is 36.4 Å². The molecular formula is C25H31N3O4. The molecule has 2 heterocycles. The quantitative estimate of drug-likeness (QED) is 0.370. The van der Waals surface area contributed by atoms with E-state index in [9.17, 15) is 9.59 Å². The maximum absolute atomic E-state index is 12.8. The summed E-state index contributed by atoms with van der Waals surface area (Å²) in [5.41, 5.74) is 5.18. The Kier molecular flexibility index (Phi) is 7.30. The molecule has 1 atom stereocenters. The van der Waals surface area contributed by atoms with Crippen LogP contribution in [0.4, 0.5) is 0 Å². The van der Waals surface area contributed by atoms with Crippen LogP contribution in [0.2, 0.25) is 0 Å². The van der Waals surface area contributed by atoms with Crippen molar-refractivity contribution < 1.29 is 19.1 Å². The standard InChI is InChI=1S/C25H31N3O4/c1-16-12-22(19(4)28(16)17(2)14-31-6)23(29)15-32-25(30)24-18(3)26-27(20(24)5)13-21-10-8-7-9-11-21/h7-12,17H,13-15H2,1-6H3. The zero-order valence-electron chi connectivity index (χ0n) is 19.6. The molecule has 0 saturated carbocycles. The van der Waals surface area contributed by atoms with Crippen LogP contribution >= 0.6 is 0 Å². The van der Waals surface area contributed by atoms with Crippen molar-refractivity contribution in [3.05, 3.63) is 75.9 Å². The number of Topliss-reactive ketones (excluding diaryl/α,β-unsaturated/α-hetero) is 1. The Bertz CT molecular complexity index is 1110. The predicted octanol–water partition coefficient (Wildman–Crippen LogP) is 4.21. The third-order valence-electron chi connectivity index (χ3n) is 5.73. The number of nitrogens with zero attached hydrogens (tertiary/aromatic N) is 3. The Hall–Kier alpha value is -3.19. The highest BCUT2D eigenvalue weighted by atomic mass is 16.5. The lowest BCUT2D eigenvalue weighted by Crippen LogP contribution is -2.17. The average Bonchev–Trinajstić information content (AvgIpc) is 3.21. The number of methoxy groups -OCH3 is 1. The summed E-state index contributed by atoms with van der Waals surface area (Å²) in [6.45, 7) is 10.3. The van der Waals surface area contributed by atoms with Crippen LogP contribution in [-0.2, 0) is 16.0 Å². The lowest BCUT2D eigenvalue weighted by atomic mass is 10.1. The van der Waals surface area contributed by atoms with E-state index in [1.54, 1.807) is 18.7 Å². The molecule has 0 N–H and O–H groups in total. The fourth-order valence-electron chi connectivity index (χ4n) is 4.24. The lowest BCUT2D eigenvalue weighted by Gasteiger charge is -2.17. The topological polar surface area (TPSA) is 75.3 Å². The van der Waals surface area contributed by atoms with Crippen molar-refractivity contribution in [1.82, 2.24) is 14.3 Å². The second-order valence-corrected chi connectivity index (χ2v) is 8.15. The molecule has 170 valence electrons. The van der Waals surface area contributed by atoms with Gasteiger partial charge in [-0.25, -0.2) is 4.79 Å². The number of esters is 1. The van der Waals surface area contributed by atoms with Gasteiger partial charge in [-0.2, -0.15) is 5.10 Å². The number of carbonyl (C=O) groups excluding carboxylic acids is 2. The van der Waals surface area contributed by atoms with Gasteiger partial charge in [-0.05, 0) is 46.2 Å². The third kappa shape index (κ3) is 4.83. The molecule has 0 aliphatic heterocycles. The first kappa shape index (κ1) is 23.5. The van der Waals surface area contributed by atoms with Gasteiger partial charge >= 0.3 is 5.97 Å². The SMILES string of the molecule is COCC(C)n1c(C)cc(C(=O)COC(=O)c2c(C)nn(Cc3ccccc3)c2C)c1C. The van der Waals surface area contributed by atoms with E-state index >= 15 is 0 Å². The fraction of sp³-hybridized carbons (Fsp3) is 0.400. The monoisotopic (exact) mass is 437 g/mol. The number of ether oxygens (including phenoxy) is 2. The Morgan fingerprint density at radius 1 is 1.06 bits per heavy atom. The fourth-order valence-corrected chi connectivity index (χ4v) is 4.24. The van der Waals surface area contributed by atoms with Crippen molar-refractivity contribution in [2.45, 2.75) is 47.2 Å². The van der Waals surface area contributed by atoms with Crippen LogP contribution in [0.1, 0.15) is 62.0 Å². The largest absolute Gasteiger partial charge is 0.454 e. The molecule has 0 amide bonds. The maximum atomic E-state index is 12.8. The van der Waals surface area contributed by atoms with E-state index in [1.165, 1.54) is 0 Å². The molecule has 0 aliphatic rings. The zero-order valence-corrected chi connectivity index (χ0v) is 19.6. The first-order chi connectivity index (χ1) is 15.2. The van der Waals surface area contributed by atoms with Crippen LogP contribution in [0.3, 0.4) is 0 Å². The lowest BCUT2D eigenvalue weighted by molar-refractivity contribution is 0.0473. The second-order valence-electron chi connectivity index (χ2n) is 8.15. The molecule has 7 heteroatoms. The molecule has 0 spiro atoms. The summed E-state index contributed by atoms with van der Waals surface area (Å²) >= 11 is 0. The summed E-state index contributed by atoms with van der Waals surface area (Å²) in [5, 5.41) is 4.49. The highest BCUT2D eigenvalue weighted by molar-refractivity contribution is 6.00. The highest BCUT2D eigenvalue weighted by Crippen LogP contribution is 2.22. The molecule has 0 fully saturated rings. The van der Waals surface area contributed by atoms with Gasteiger partial charge in [-0.15, -0.1) is 0 Å². The Balaban J connectivity index is 1.71. The van der Waals surface area contributed by atoms with Gasteiger partial charge in [0.15, 0.2) is 6.61 Å². The number of carbonyl (C=O) groups is 2. The highest BCUT2D eigenvalue weighted by Gasteiger charge is 2.23. The normalized spacial score (nSPS) is 12.1. The van der Waals surface area contributed by atoms with Crippen molar-refractivity contribution in [3.63, 3.8) is 0 Å². The summed E-state index contributed by atoms with van der Waals surface area (Å²) in [6, 6.07) is 11.9. The summed E-state index contributed by atoms with van der Waals surface area (Å²) < 4.78 is 14.5. The van der Waals surface area contributed by atoms with Gasteiger partial charge in [0.1, 0.15) is 5.56 Å². The van der Waals surface area contributed by atoms with Gasteiger partial charge in [0.2, 0.25) is 5.78 Å². The summed E-state index contributed by atoms with van der Waals surface area (Å²) in [6.07, 6.45) is 0. The minimum Gasteiger partial charge on any atom is -0.454 e. The van der Waals surface area contributed by atoms with Gasteiger partial charge in [-0.1, -0.05) is 30.3 Å². The smallest absolute Gasteiger partial charge is 0.342 e. The molecule has 7 nitrogen and oxygen atoms in total. The van der Waals surface area contributed by atoms with E-state index in [4.69, 9.17) is 9.47 Å². The van der Waals surface area contributed by atoms with E-state index in [2.05, 4.69) is 9.67 Å². The maximum Gasteiger partial charge on any atom is 0.342 e. The van der Waals surface area contributed by atoms with Crippen LogP contribution in [0.25, 0.3) is 0 Å². The van der Waals surface area contributed by atoms with E-state index in [0.717, 1.165) is 22.6 Å². The predicted molar refractivity (Wildman–Crippen MR) is 122 cm³/mol. The molecule has 3 rings (SSSR count). The molecule has 2 aromatic heterocycles. The number of aromatic nitrogens is 3. The van der Waals surface area contributed by atoms with E-state index < -0.39 is 5.97 Å². The Morgan fingerprint density at radius 3 is 2.41 bits per heavy atom. The number of hydrogen-bond donors (Lipinski definition) is 0. The van der Waals surface area contributed by atoms with Crippen molar-refractivity contribution in [3.8, 4) is 0 Å². The third-order valence-corrected chi connectivity index (χ3v) is 5.73.